The van der Waals surface area contributed by atoms with Gasteiger partial charge in [-0.2, -0.15) is 0 Å². The second-order valence-corrected chi connectivity index (χ2v) is 6.86. The van der Waals surface area contributed by atoms with Crippen LogP contribution in [0, 0.1) is 0 Å². The molecule has 0 spiro atoms. The number of anilines is 1. The summed E-state index contributed by atoms with van der Waals surface area (Å²) in [5, 5.41) is 5.70. The van der Waals surface area contributed by atoms with E-state index in [1.54, 1.807) is 48.5 Å². The van der Waals surface area contributed by atoms with Crippen molar-refractivity contribution in [3.05, 3.63) is 96.1 Å². The van der Waals surface area contributed by atoms with E-state index >= 15 is 0 Å². The van der Waals surface area contributed by atoms with Crippen molar-refractivity contribution in [1.82, 2.24) is 5.32 Å². The summed E-state index contributed by atoms with van der Waals surface area (Å²) in [5.41, 5.74) is 1.83. The van der Waals surface area contributed by atoms with Crippen molar-refractivity contribution in [3.8, 4) is 5.75 Å². The Morgan fingerprint density at radius 3 is 1.97 bits per heavy atom. The zero-order valence-corrected chi connectivity index (χ0v) is 16.5. The molecule has 0 radical (unpaired) electrons. The summed E-state index contributed by atoms with van der Waals surface area (Å²) in [6.45, 7) is 3.91. The van der Waals surface area contributed by atoms with Crippen LogP contribution in [0.15, 0.2) is 84.9 Å². The minimum Gasteiger partial charge on any atom is -0.491 e. The molecule has 0 saturated carbocycles. The van der Waals surface area contributed by atoms with Gasteiger partial charge in [0, 0.05) is 11.3 Å². The van der Waals surface area contributed by atoms with Crippen molar-refractivity contribution < 1.29 is 14.3 Å². The van der Waals surface area contributed by atoms with Gasteiger partial charge in [0.1, 0.15) is 11.8 Å². The van der Waals surface area contributed by atoms with Crippen LogP contribution in [0.5, 0.6) is 5.75 Å². The zero-order chi connectivity index (χ0) is 20.6. The Labute approximate surface area is 170 Å². The molecule has 3 rings (SSSR count). The van der Waals surface area contributed by atoms with Crippen molar-refractivity contribution >= 4 is 17.5 Å². The largest absolute Gasteiger partial charge is 0.491 e. The van der Waals surface area contributed by atoms with Crippen LogP contribution in [-0.2, 0) is 4.79 Å². The molecule has 0 aliphatic rings. The summed E-state index contributed by atoms with van der Waals surface area (Å²) < 4.78 is 5.62. The molecule has 0 aliphatic heterocycles. The molecule has 5 nitrogen and oxygen atoms in total. The molecule has 0 heterocycles. The topological polar surface area (TPSA) is 67.4 Å². The summed E-state index contributed by atoms with van der Waals surface area (Å²) >= 11 is 0. The first kappa shape index (κ1) is 20.1. The van der Waals surface area contributed by atoms with Gasteiger partial charge in [-0.1, -0.05) is 48.5 Å². The Hall–Kier alpha value is -3.60. The van der Waals surface area contributed by atoms with Crippen LogP contribution in [-0.4, -0.2) is 17.9 Å². The van der Waals surface area contributed by atoms with Crippen molar-refractivity contribution in [1.29, 1.82) is 0 Å². The van der Waals surface area contributed by atoms with E-state index in [4.69, 9.17) is 4.74 Å². The van der Waals surface area contributed by atoms with Crippen LogP contribution in [0.2, 0.25) is 0 Å². The molecule has 2 amide bonds. The van der Waals surface area contributed by atoms with Gasteiger partial charge in [-0.15, -0.1) is 0 Å². The molecule has 148 valence electrons. The molecule has 3 aromatic rings. The van der Waals surface area contributed by atoms with Crippen LogP contribution in [0.25, 0.3) is 0 Å². The van der Waals surface area contributed by atoms with Gasteiger partial charge in [-0.25, -0.2) is 0 Å². The first-order chi connectivity index (χ1) is 14.0. The Morgan fingerprint density at radius 1 is 0.793 bits per heavy atom. The summed E-state index contributed by atoms with van der Waals surface area (Å²) in [5.74, 6) is 0.100. The van der Waals surface area contributed by atoms with Gasteiger partial charge in [0.2, 0.25) is 0 Å². The Bertz CT molecular complexity index is 939. The highest BCUT2D eigenvalue weighted by molar-refractivity contribution is 6.01. The quantitative estimate of drug-likeness (QED) is 0.622. The van der Waals surface area contributed by atoms with Gasteiger partial charge >= 0.3 is 0 Å². The number of rotatable bonds is 7. The van der Waals surface area contributed by atoms with Crippen molar-refractivity contribution in [3.63, 3.8) is 0 Å². The lowest BCUT2D eigenvalue weighted by atomic mass is 10.1. The smallest absolute Gasteiger partial charge is 0.252 e. The Kier molecular flexibility index (Phi) is 6.63. The third-order valence-corrected chi connectivity index (χ3v) is 4.20. The molecule has 0 bridgehead atoms. The molecule has 0 aromatic heterocycles. The molecular weight excluding hydrogens is 364 g/mol. The molecule has 2 N–H and O–H groups in total. The molecule has 5 heteroatoms. The zero-order valence-electron chi connectivity index (χ0n) is 16.5. The number of hydrogen-bond acceptors (Lipinski definition) is 3. The highest BCUT2D eigenvalue weighted by atomic mass is 16.5. The van der Waals surface area contributed by atoms with Crippen LogP contribution in [0.3, 0.4) is 0 Å². The lowest BCUT2D eigenvalue weighted by molar-refractivity contribution is -0.118. The maximum Gasteiger partial charge on any atom is 0.252 e. The molecule has 29 heavy (non-hydrogen) atoms. The average molecular weight is 388 g/mol. The van der Waals surface area contributed by atoms with Gasteiger partial charge in [0.05, 0.1) is 6.10 Å². The molecule has 0 aliphatic carbocycles. The Balaban J connectivity index is 1.77. The summed E-state index contributed by atoms with van der Waals surface area (Å²) in [4.78, 5) is 25.6. The van der Waals surface area contributed by atoms with Gasteiger partial charge in [-0.05, 0) is 55.8 Å². The van der Waals surface area contributed by atoms with E-state index in [-0.39, 0.29) is 17.9 Å². The van der Waals surface area contributed by atoms with E-state index in [1.807, 2.05) is 50.2 Å². The van der Waals surface area contributed by atoms with Crippen LogP contribution in [0.4, 0.5) is 5.69 Å². The first-order valence-corrected chi connectivity index (χ1v) is 9.51. The van der Waals surface area contributed by atoms with Crippen LogP contribution < -0.4 is 15.4 Å². The highest BCUT2D eigenvalue weighted by Crippen LogP contribution is 2.20. The van der Waals surface area contributed by atoms with Gasteiger partial charge in [0.25, 0.3) is 11.8 Å². The Morgan fingerprint density at radius 2 is 1.38 bits per heavy atom. The minimum atomic E-state index is -0.824. The van der Waals surface area contributed by atoms with Crippen molar-refractivity contribution in [2.45, 2.75) is 26.0 Å². The molecule has 1 atom stereocenters. The number of nitrogens with one attached hydrogen (secondary N) is 2. The SMILES string of the molecule is CC(C)Oc1ccc(NC(=O)C(NC(=O)c2ccccc2)c2ccccc2)cc1. The average Bonchev–Trinajstić information content (AvgIpc) is 2.74. The maximum absolute atomic E-state index is 13.0. The van der Waals surface area contributed by atoms with Gasteiger partial charge < -0.3 is 15.4 Å². The molecule has 3 aromatic carbocycles. The third kappa shape index (κ3) is 5.69. The van der Waals surface area contributed by atoms with E-state index in [1.165, 1.54) is 0 Å². The van der Waals surface area contributed by atoms with E-state index in [2.05, 4.69) is 10.6 Å². The number of hydrogen-bond donors (Lipinski definition) is 2. The number of carbonyl (C=O) groups is 2. The van der Waals surface area contributed by atoms with Crippen molar-refractivity contribution in [2.75, 3.05) is 5.32 Å². The predicted molar refractivity (Wildman–Crippen MR) is 114 cm³/mol. The fraction of sp³-hybridized carbons (Fsp3) is 0.167. The number of benzene rings is 3. The fourth-order valence-electron chi connectivity index (χ4n) is 2.85. The van der Waals surface area contributed by atoms with Gasteiger partial charge in [0.15, 0.2) is 0 Å². The number of carbonyl (C=O) groups excluding carboxylic acids is 2. The third-order valence-electron chi connectivity index (χ3n) is 4.20. The van der Waals surface area contributed by atoms with E-state index < -0.39 is 6.04 Å². The van der Waals surface area contributed by atoms with Crippen molar-refractivity contribution in [2.24, 2.45) is 0 Å². The first-order valence-electron chi connectivity index (χ1n) is 9.51. The monoisotopic (exact) mass is 388 g/mol. The van der Waals surface area contributed by atoms with E-state index in [0.717, 1.165) is 5.75 Å². The second kappa shape index (κ2) is 9.55. The molecule has 1 unspecified atom stereocenters. The van der Waals surface area contributed by atoms with E-state index in [0.29, 0.717) is 16.8 Å². The lowest BCUT2D eigenvalue weighted by Gasteiger charge is -2.19. The van der Waals surface area contributed by atoms with E-state index in [9.17, 15) is 9.59 Å². The van der Waals surface area contributed by atoms with Crippen LogP contribution >= 0.6 is 0 Å². The standard InChI is InChI=1S/C24H24N2O3/c1-17(2)29-21-15-13-20(14-16-21)25-24(28)22(18-9-5-3-6-10-18)26-23(27)19-11-7-4-8-12-19/h3-17,22H,1-2H3,(H,25,28)(H,26,27). The number of ether oxygens (including phenoxy) is 1. The normalized spacial score (nSPS) is 11.6. The van der Waals surface area contributed by atoms with Gasteiger partial charge in [-0.3, -0.25) is 9.59 Å². The maximum atomic E-state index is 13.0. The minimum absolute atomic E-state index is 0.0751. The molecule has 0 fully saturated rings. The number of amides is 2. The summed E-state index contributed by atoms with van der Waals surface area (Å²) in [7, 11) is 0. The predicted octanol–water partition coefficient (Wildman–Crippen LogP) is 4.58. The van der Waals surface area contributed by atoms with Crippen LogP contribution in [0.1, 0.15) is 35.8 Å². The summed E-state index contributed by atoms with van der Waals surface area (Å²) in [6, 6.07) is 24.3. The fourth-order valence-corrected chi connectivity index (χ4v) is 2.85. The second-order valence-electron chi connectivity index (χ2n) is 6.86. The molecule has 0 saturated heterocycles. The highest BCUT2D eigenvalue weighted by Gasteiger charge is 2.23. The molecular formula is C24H24N2O3. The summed E-state index contributed by atoms with van der Waals surface area (Å²) in [6.07, 6.45) is 0.0751. The lowest BCUT2D eigenvalue weighted by Crippen LogP contribution is -2.37.